The molecule has 0 aromatic heterocycles. The second-order valence-electron chi connectivity index (χ2n) is 4.04. The minimum Gasteiger partial charge on any atom is -0.339 e. The lowest BCUT2D eigenvalue weighted by atomic mass is 10.1. The predicted molar refractivity (Wildman–Crippen MR) is 56.0 cm³/mol. The molecule has 0 bridgehead atoms. The Bertz CT molecular complexity index is 242. The summed E-state index contributed by atoms with van der Waals surface area (Å²) in [6.07, 6.45) is 6.58. The second kappa shape index (κ2) is 4.60. The van der Waals surface area contributed by atoms with Gasteiger partial charge in [-0.05, 0) is 32.2 Å². The largest absolute Gasteiger partial charge is 0.339 e. The number of nitrogens with one attached hydrogen (secondary N) is 1. The van der Waals surface area contributed by atoms with Crippen LogP contribution in [0, 0.1) is 0 Å². The number of carbonyl (C=O) groups is 1. The quantitative estimate of drug-likeness (QED) is 0.673. The predicted octanol–water partition coefficient (Wildman–Crippen LogP) is 0.919. The molecule has 3 heteroatoms. The van der Waals surface area contributed by atoms with Gasteiger partial charge in [-0.3, -0.25) is 4.79 Å². The number of amides is 1. The number of carbonyl (C=O) groups excluding carboxylic acids is 1. The molecule has 0 aromatic carbocycles. The zero-order chi connectivity index (χ0) is 9.80. The van der Waals surface area contributed by atoms with E-state index in [1.165, 1.54) is 19.3 Å². The van der Waals surface area contributed by atoms with E-state index in [1.807, 2.05) is 11.0 Å². The topological polar surface area (TPSA) is 32.3 Å². The molecule has 1 N–H and O–H groups in total. The molecule has 0 unspecified atom stereocenters. The number of piperidine rings is 1. The highest BCUT2D eigenvalue weighted by Gasteiger charge is 2.20. The Morgan fingerprint density at radius 3 is 2.71 bits per heavy atom. The SMILES string of the molecule is O=C(C1=CCNCC1)N1CCCCC1. The van der Waals surface area contributed by atoms with Gasteiger partial charge in [-0.25, -0.2) is 0 Å². The first kappa shape index (κ1) is 9.71. The van der Waals surface area contributed by atoms with E-state index < -0.39 is 0 Å². The monoisotopic (exact) mass is 194 g/mol. The molecule has 2 aliphatic rings. The van der Waals surface area contributed by atoms with Crippen molar-refractivity contribution in [3.63, 3.8) is 0 Å². The highest BCUT2D eigenvalue weighted by Crippen LogP contribution is 2.14. The molecule has 78 valence electrons. The van der Waals surface area contributed by atoms with Crippen molar-refractivity contribution in [1.29, 1.82) is 0 Å². The number of rotatable bonds is 1. The van der Waals surface area contributed by atoms with Gasteiger partial charge in [0.2, 0.25) is 5.91 Å². The smallest absolute Gasteiger partial charge is 0.249 e. The molecule has 1 fully saturated rings. The van der Waals surface area contributed by atoms with Gasteiger partial charge in [0, 0.05) is 25.2 Å². The molecule has 0 aromatic rings. The van der Waals surface area contributed by atoms with Crippen molar-refractivity contribution < 1.29 is 4.79 Å². The third kappa shape index (κ3) is 2.15. The van der Waals surface area contributed by atoms with Crippen molar-refractivity contribution in [1.82, 2.24) is 10.2 Å². The van der Waals surface area contributed by atoms with Crippen LogP contribution in [0.3, 0.4) is 0 Å². The Morgan fingerprint density at radius 1 is 1.29 bits per heavy atom. The van der Waals surface area contributed by atoms with Gasteiger partial charge in [0.15, 0.2) is 0 Å². The lowest BCUT2D eigenvalue weighted by Crippen LogP contribution is -2.38. The van der Waals surface area contributed by atoms with E-state index in [0.717, 1.165) is 38.2 Å². The molecule has 14 heavy (non-hydrogen) atoms. The molecule has 0 saturated carbocycles. The van der Waals surface area contributed by atoms with Crippen molar-refractivity contribution >= 4 is 5.91 Å². The van der Waals surface area contributed by atoms with Crippen molar-refractivity contribution in [3.05, 3.63) is 11.6 Å². The van der Waals surface area contributed by atoms with Crippen LogP contribution in [-0.2, 0) is 4.79 Å². The van der Waals surface area contributed by atoms with Crippen molar-refractivity contribution in [2.24, 2.45) is 0 Å². The summed E-state index contributed by atoms with van der Waals surface area (Å²) in [5.74, 6) is 0.284. The highest BCUT2D eigenvalue weighted by molar-refractivity contribution is 5.93. The first-order valence-corrected chi connectivity index (χ1v) is 5.57. The molecule has 3 nitrogen and oxygen atoms in total. The third-order valence-corrected chi connectivity index (χ3v) is 2.98. The number of hydrogen-bond acceptors (Lipinski definition) is 2. The Balaban J connectivity index is 1.95. The van der Waals surface area contributed by atoms with Crippen molar-refractivity contribution in [2.45, 2.75) is 25.7 Å². The highest BCUT2D eigenvalue weighted by atomic mass is 16.2. The molecule has 1 amide bonds. The van der Waals surface area contributed by atoms with Crippen LogP contribution in [0.1, 0.15) is 25.7 Å². The van der Waals surface area contributed by atoms with Crippen LogP contribution < -0.4 is 5.32 Å². The Kier molecular flexibility index (Phi) is 3.19. The van der Waals surface area contributed by atoms with Crippen LogP contribution >= 0.6 is 0 Å². The summed E-state index contributed by atoms with van der Waals surface area (Å²) in [6, 6.07) is 0. The summed E-state index contributed by atoms with van der Waals surface area (Å²) in [6.45, 7) is 3.73. The van der Waals surface area contributed by atoms with Gasteiger partial charge in [-0.1, -0.05) is 6.08 Å². The molecule has 1 saturated heterocycles. The van der Waals surface area contributed by atoms with E-state index in [9.17, 15) is 4.79 Å². The van der Waals surface area contributed by atoms with Crippen LogP contribution in [0.4, 0.5) is 0 Å². The van der Waals surface area contributed by atoms with Gasteiger partial charge in [0.1, 0.15) is 0 Å². The first-order valence-electron chi connectivity index (χ1n) is 5.57. The Labute approximate surface area is 85.2 Å². The summed E-state index contributed by atoms with van der Waals surface area (Å²) in [4.78, 5) is 14.0. The number of nitrogens with zero attached hydrogens (tertiary/aromatic N) is 1. The lowest BCUT2D eigenvalue weighted by molar-refractivity contribution is -0.128. The fraction of sp³-hybridized carbons (Fsp3) is 0.727. The maximum absolute atomic E-state index is 12.0. The number of likely N-dealkylation sites (tertiary alicyclic amines) is 1. The number of hydrogen-bond donors (Lipinski definition) is 1. The summed E-state index contributed by atoms with van der Waals surface area (Å²) >= 11 is 0. The Morgan fingerprint density at radius 2 is 2.07 bits per heavy atom. The van der Waals surface area contributed by atoms with Crippen molar-refractivity contribution in [3.8, 4) is 0 Å². The normalized spacial score (nSPS) is 23.1. The molecule has 0 atom stereocenters. The first-order chi connectivity index (χ1) is 6.88. The summed E-state index contributed by atoms with van der Waals surface area (Å²) in [5.41, 5.74) is 1.02. The van der Waals surface area contributed by atoms with Gasteiger partial charge in [-0.2, -0.15) is 0 Å². The van der Waals surface area contributed by atoms with E-state index in [2.05, 4.69) is 5.32 Å². The molecular formula is C11H18N2O. The van der Waals surface area contributed by atoms with Crippen LogP contribution in [0.5, 0.6) is 0 Å². The van der Waals surface area contributed by atoms with Crippen LogP contribution in [0.25, 0.3) is 0 Å². The zero-order valence-corrected chi connectivity index (χ0v) is 8.59. The molecule has 2 heterocycles. The molecule has 0 radical (unpaired) electrons. The molecule has 0 spiro atoms. The van der Waals surface area contributed by atoms with Gasteiger partial charge in [0.25, 0.3) is 0 Å². The fourth-order valence-electron chi connectivity index (χ4n) is 2.12. The molecular weight excluding hydrogens is 176 g/mol. The van der Waals surface area contributed by atoms with Crippen LogP contribution in [0.2, 0.25) is 0 Å². The second-order valence-corrected chi connectivity index (χ2v) is 4.04. The van der Waals surface area contributed by atoms with Gasteiger partial charge in [0.05, 0.1) is 0 Å². The maximum atomic E-state index is 12.0. The maximum Gasteiger partial charge on any atom is 0.249 e. The summed E-state index contributed by atoms with van der Waals surface area (Å²) in [5, 5.41) is 3.23. The molecule has 2 aliphatic heterocycles. The average molecular weight is 194 g/mol. The van der Waals surface area contributed by atoms with E-state index in [-0.39, 0.29) is 5.91 Å². The minimum atomic E-state index is 0.284. The fourth-order valence-corrected chi connectivity index (χ4v) is 2.12. The van der Waals surface area contributed by atoms with Crippen LogP contribution in [0.15, 0.2) is 11.6 Å². The van der Waals surface area contributed by atoms with Crippen molar-refractivity contribution in [2.75, 3.05) is 26.2 Å². The third-order valence-electron chi connectivity index (χ3n) is 2.98. The van der Waals surface area contributed by atoms with Gasteiger partial charge >= 0.3 is 0 Å². The minimum absolute atomic E-state index is 0.284. The average Bonchev–Trinajstić information content (AvgIpc) is 2.30. The molecule has 2 rings (SSSR count). The van der Waals surface area contributed by atoms with E-state index in [1.54, 1.807) is 0 Å². The van der Waals surface area contributed by atoms with Gasteiger partial charge < -0.3 is 10.2 Å². The summed E-state index contributed by atoms with van der Waals surface area (Å²) in [7, 11) is 0. The summed E-state index contributed by atoms with van der Waals surface area (Å²) < 4.78 is 0. The van der Waals surface area contributed by atoms with Gasteiger partial charge in [-0.15, -0.1) is 0 Å². The standard InChI is InChI=1S/C11H18N2O/c14-11(10-4-6-12-7-5-10)13-8-2-1-3-9-13/h4,12H,1-3,5-9H2. The van der Waals surface area contributed by atoms with E-state index in [4.69, 9.17) is 0 Å². The van der Waals surface area contributed by atoms with E-state index in [0.29, 0.717) is 0 Å². The molecule has 0 aliphatic carbocycles. The van der Waals surface area contributed by atoms with E-state index >= 15 is 0 Å². The van der Waals surface area contributed by atoms with Crippen LogP contribution in [-0.4, -0.2) is 37.0 Å². The zero-order valence-electron chi connectivity index (χ0n) is 8.59. The lowest BCUT2D eigenvalue weighted by Gasteiger charge is -2.28. The Hall–Kier alpha value is -0.830.